The molecule has 20 heavy (non-hydrogen) atoms. The maximum Gasteiger partial charge on any atom is 0.255 e. The number of nitrogens with two attached hydrogens (primary N) is 1. The summed E-state index contributed by atoms with van der Waals surface area (Å²) in [5.41, 5.74) is 7.83. The van der Waals surface area contributed by atoms with Gasteiger partial charge in [-0.1, -0.05) is 17.9 Å². The summed E-state index contributed by atoms with van der Waals surface area (Å²) in [7, 11) is 1.63. The van der Waals surface area contributed by atoms with Gasteiger partial charge in [0, 0.05) is 25.8 Å². The quantitative estimate of drug-likeness (QED) is 0.826. The molecule has 0 spiro atoms. The zero-order valence-corrected chi connectivity index (χ0v) is 12.4. The highest BCUT2D eigenvalue weighted by molar-refractivity contribution is 5.96. The molecule has 0 heterocycles. The monoisotopic (exact) mass is 274 g/mol. The maximum atomic E-state index is 12.5. The topological polar surface area (TPSA) is 55.6 Å². The van der Waals surface area contributed by atoms with Crippen molar-refractivity contribution < 1.29 is 9.53 Å². The highest BCUT2D eigenvalue weighted by Crippen LogP contribution is 2.13. The first-order valence-electron chi connectivity index (χ1n) is 6.71. The molecule has 0 aromatic heterocycles. The average molecular weight is 274 g/mol. The third kappa shape index (κ3) is 4.37. The van der Waals surface area contributed by atoms with E-state index in [0.717, 1.165) is 11.1 Å². The summed E-state index contributed by atoms with van der Waals surface area (Å²) in [4.78, 5) is 14.3. The number of benzene rings is 1. The van der Waals surface area contributed by atoms with E-state index in [0.29, 0.717) is 25.3 Å². The summed E-state index contributed by atoms with van der Waals surface area (Å²) in [5, 5.41) is 0. The van der Waals surface area contributed by atoms with Crippen LogP contribution in [0.1, 0.15) is 28.4 Å². The van der Waals surface area contributed by atoms with Crippen LogP contribution >= 0.6 is 0 Å². The Hall–Kier alpha value is -1.83. The maximum absolute atomic E-state index is 12.5. The van der Waals surface area contributed by atoms with Gasteiger partial charge < -0.3 is 15.4 Å². The van der Waals surface area contributed by atoms with Gasteiger partial charge in [-0.3, -0.25) is 4.79 Å². The van der Waals surface area contributed by atoms with E-state index in [2.05, 4.69) is 11.8 Å². The van der Waals surface area contributed by atoms with Crippen LogP contribution in [0.25, 0.3) is 0 Å². The number of likely N-dealkylation sites (N-methyl/N-ethyl adjacent to an activating group) is 1. The first-order chi connectivity index (χ1) is 9.63. The van der Waals surface area contributed by atoms with Crippen LogP contribution in [0.5, 0.6) is 0 Å². The second-order valence-corrected chi connectivity index (χ2v) is 4.43. The predicted octanol–water partition coefficient (Wildman–Crippen LogP) is 1.41. The second-order valence-electron chi connectivity index (χ2n) is 4.43. The van der Waals surface area contributed by atoms with Gasteiger partial charge in [0.1, 0.15) is 0 Å². The number of methoxy groups -OCH3 is 1. The first kappa shape index (κ1) is 16.2. The Bertz CT molecular complexity index is 515. The van der Waals surface area contributed by atoms with Crippen molar-refractivity contribution in [3.8, 4) is 11.8 Å². The van der Waals surface area contributed by atoms with Gasteiger partial charge in [0.25, 0.3) is 5.91 Å². The Labute approximate surface area is 120 Å². The minimum Gasteiger partial charge on any atom is -0.383 e. The third-order valence-electron chi connectivity index (χ3n) is 2.96. The summed E-state index contributed by atoms with van der Waals surface area (Å²) >= 11 is 0. The van der Waals surface area contributed by atoms with E-state index in [9.17, 15) is 4.79 Å². The molecule has 0 aliphatic rings. The van der Waals surface area contributed by atoms with Crippen molar-refractivity contribution in [3.05, 3.63) is 34.9 Å². The highest BCUT2D eigenvalue weighted by atomic mass is 16.5. The number of aryl methyl sites for hydroxylation is 1. The molecule has 2 N–H and O–H groups in total. The fourth-order valence-electron chi connectivity index (χ4n) is 1.87. The Morgan fingerprint density at radius 1 is 1.45 bits per heavy atom. The average Bonchev–Trinajstić information content (AvgIpc) is 2.45. The first-order valence-corrected chi connectivity index (χ1v) is 6.71. The lowest BCUT2D eigenvalue weighted by Crippen LogP contribution is -2.34. The smallest absolute Gasteiger partial charge is 0.255 e. The van der Waals surface area contributed by atoms with Crippen molar-refractivity contribution in [2.45, 2.75) is 13.8 Å². The molecule has 4 heteroatoms. The van der Waals surface area contributed by atoms with Crippen molar-refractivity contribution in [1.29, 1.82) is 0 Å². The van der Waals surface area contributed by atoms with Crippen molar-refractivity contribution in [2.24, 2.45) is 5.73 Å². The molecule has 1 aromatic carbocycles. The molecule has 0 saturated carbocycles. The van der Waals surface area contributed by atoms with Crippen LogP contribution in [0, 0.1) is 18.8 Å². The molecular formula is C16H22N2O2. The summed E-state index contributed by atoms with van der Waals surface area (Å²) in [6.07, 6.45) is 0. The molecule has 1 amide bonds. The van der Waals surface area contributed by atoms with E-state index in [1.54, 1.807) is 12.0 Å². The van der Waals surface area contributed by atoms with Gasteiger partial charge in [0.2, 0.25) is 0 Å². The van der Waals surface area contributed by atoms with Crippen LogP contribution in [0.15, 0.2) is 18.2 Å². The number of nitrogens with zero attached hydrogens (tertiary/aromatic N) is 1. The molecule has 0 bridgehead atoms. The van der Waals surface area contributed by atoms with Gasteiger partial charge in [-0.05, 0) is 31.5 Å². The van der Waals surface area contributed by atoms with Gasteiger partial charge >= 0.3 is 0 Å². The minimum absolute atomic E-state index is 0.0223. The molecule has 0 atom stereocenters. The SMILES string of the molecule is CCN(CCOC)C(=O)c1ccc(C)cc1C#CCN. The Morgan fingerprint density at radius 2 is 2.20 bits per heavy atom. The molecule has 0 radical (unpaired) electrons. The Balaban J connectivity index is 3.07. The van der Waals surface area contributed by atoms with E-state index in [1.807, 2.05) is 32.0 Å². The Kier molecular flexibility index (Phi) is 6.78. The summed E-state index contributed by atoms with van der Waals surface area (Å²) in [6.45, 7) is 5.94. The Morgan fingerprint density at radius 3 is 2.80 bits per heavy atom. The lowest BCUT2D eigenvalue weighted by Gasteiger charge is -2.21. The zero-order valence-electron chi connectivity index (χ0n) is 12.4. The zero-order chi connectivity index (χ0) is 15.0. The number of carbonyl (C=O) groups excluding carboxylic acids is 1. The van der Waals surface area contributed by atoms with E-state index in [1.165, 1.54) is 0 Å². The predicted molar refractivity (Wildman–Crippen MR) is 80.6 cm³/mol. The van der Waals surface area contributed by atoms with Gasteiger partial charge in [-0.2, -0.15) is 0 Å². The second kappa shape index (κ2) is 8.36. The van der Waals surface area contributed by atoms with Crippen molar-refractivity contribution in [2.75, 3.05) is 33.4 Å². The van der Waals surface area contributed by atoms with Crippen LogP contribution in [0.2, 0.25) is 0 Å². The largest absolute Gasteiger partial charge is 0.383 e. The fourth-order valence-corrected chi connectivity index (χ4v) is 1.87. The molecular weight excluding hydrogens is 252 g/mol. The van der Waals surface area contributed by atoms with Crippen LogP contribution in [-0.2, 0) is 4.74 Å². The molecule has 0 fully saturated rings. The number of hydrogen-bond donors (Lipinski definition) is 1. The van der Waals surface area contributed by atoms with Crippen molar-refractivity contribution in [1.82, 2.24) is 4.90 Å². The molecule has 0 unspecified atom stereocenters. The van der Waals surface area contributed by atoms with Crippen molar-refractivity contribution in [3.63, 3.8) is 0 Å². The number of carbonyl (C=O) groups is 1. The number of amides is 1. The summed E-state index contributed by atoms with van der Waals surface area (Å²) in [5.74, 6) is 5.76. The minimum atomic E-state index is -0.0223. The molecule has 1 aromatic rings. The van der Waals surface area contributed by atoms with E-state index in [-0.39, 0.29) is 12.5 Å². The van der Waals surface area contributed by atoms with Crippen LogP contribution < -0.4 is 5.73 Å². The van der Waals surface area contributed by atoms with Crippen LogP contribution in [0.4, 0.5) is 0 Å². The lowest BCUT2D eigenvalue weighted by molar-refractivity contribution is 0.0706. The molecule has 0 aliphatic carbocycles. The van der Waals surface area contributed by atoms with Crippen LogP contribution in [-0.4, -0.2) is 44.2 Å². The molecule has 108 valence electrons. The number of ether oxygens (including phenoxy) is 1. The van der Waals surface area contributed by atoms with E-state index in [4.69, 9.17) is 10.5 Å². The standard InChI is InChI=1S/C16H22N2O2/c1-4-18(10-11-20-3)16(19)15-8-7-13(2)12-14(15)6-5-9-17/h7-8,12H,4,9-11,17H2,1-3H3. The lowest BCUT2D eigenvalue weighted by atomic mass is 10.0. The number of hydrogen-bond acceptors (Lipinski definition) is 3. The van der Waals surface area contributed by atoms with Gasteiger partial charge in [-0.25, -0.2) is 0 Å². The highest BCUT2D eigenvalue weighted by Gasteiger charge is 2.16. The van der Waals surface area contributed by atoms with E-state index < -0.39 is 0 Å². The summed E-state index contributed by atoms with van der Waals surface area (Å²) < 4.78 is 5.04. The van der Waals surface area contributed by atoms with Gasteiger partial charge in [0.15, 0.2) is 0 Å². The fraction of sp³-hybridized carbons (Fsp3) is 0.438. The van der Waals surface area contributed by atoms with E-state index >= 15 is 0 Å². The molecule has 1 rings (SSSR count). The molecule has 0 saturated heterocycles. The van der Waals surface area contributed by atoms with Gasteiger partial charge in [0.05, 0.1) is 18.7 Å². The number of rotatable bonds is 5. The van der Waals surface area contributed by atoms with Crippen LogP contribution in [0.3, 0.4) is 0 Å². The summed E-state index contributed by atoms with van der Waals surface area (Å²) in [6, 6.07) is 5.67. The van der Waals surface area contributed by atoms with Gasteiger partial charge in [-0.15, -0.1) is 0 Å². The molecule has 0 aliphatic heterocycles. The third-order valence-corrected chi connectivity index (χ3v) is 2.96. The van der Waals surface area contributed by atoms with Crippen molar-refractivity contribution >= 4 is 5.91 Å². The normalized spacial score (nSPS) is 9.80. The molecule has 4 nitrogen and oxygen atoms in total.